The van der Waals surface area contributed by atoms with Crippen molar-refractivity contribution in [3.8, 4) is 0 Å². The number of carbonyl (C=O) groups is 1. The van der Waals surface area contributed by atoms with Gasteiger partial charge in [0.05, 0.1) is 10.8 Å². The maximum atomic E-state index is 10.4. The zero-order chi connectivity index (χ0) is 9.80. The van der Waals surface area contributed by atoms with Gasteiger partial charge in [0.2, 0.25) is 0 Å². The van der Waals surface area contributed by atoms with Crippen LogP contribution in [-0.2, 0) is 0 Å². The summed E-state index contributed by atoms with van der Waals surface area (Å²) >= 11 is 3.83. The van der Waals surface area contributed by atoms with Crippen LogP contribution in [0.4, 0.5) is 0 Å². The van der Waals surface area contributed by atoms with Crippen molar-refractivity contribution in [1.82, 2.24) is 9.97 Å². The summed E-state index contributed by atoms with van der Waals surface area (Å²) in [4.78, 5) is 18.8. The van der Waals surface area contributed by atoms with Crippen molar-refractivity contribution < 1.29 is 4.79 Å². The Labute approximate surface area is 91.1 Å². The van der Waals surface area contributed by atoms with Crippen LogP contribution in [0.5, 0.6) is 0 Å². The lowest BCUT2D eigenvalue weighted by molar-refractivity contribution is 0.112. The first kappa shape index (κ1) is 9.98. The van der Waals surface area contributed by atoms with Crippen molar-refractivity contribution in [2.75, 3.05) is 17.3 Å². The Hall–Kier alpha value is -0.550. The first-order valence-corrected chi connectivity index (χ1v) is 6.57. The number of rotatable bonds is 2. The molecule has 1 aliphatic heterocycles. The standard InChI is InChI=1S/C9H10N2OS2/c12-5-7-3-10-9(11-4-7)8-6-13-1-2-14-8/h3-5,8H,1-2,6H2. The molecule has 2 rings (SSSR count). The molecule has 1 aromatic heterocycles. The molecular formula is C9H10N2OS2. The molecule has 0 aliphatic carbocycles. The summed E-state index contributed by atoms with van der Waals surface area (Å²) in [6.07, 6.45) is 3.96. The van der Waals surface area contributed by atoms with E-state index in [0.717, 1.165) is 23.6 Å². The summed E-state index contributed by atoms with van der Waals surface area (Å²) in [5.74, 6) is 4.31. The van der Waals surface area contributed by atoms with Gasteiger partial charge in [-0.25, -0.2) is 9.97 Å². The average Bonchev–Trinajstić information content (AvgIpc) is 2.30. The summed E-state index contributed by atoms with van der Waals surface area (Å²) in [7, 11) is 0. The van der Waals surface area contributed by atoms with E-state index in [1.165, 1.54) is 5.75 Å². The number of thioether (sulfide) groups is 2. The SMILES string of the molecule is O=Cc1cnc(C2CSCCS2)nc1. The van der Waals surface area contributed by atoms with E-state index in [0.29, 0.717) is 10.8 Å². The number of carbonyl (C=O) groups excluding carboxylic acids is 1. The van der Waals surface area contributed by atoms with E-state index in [1.54, 1.807) is 12.4 Å². The van der Waals surface area contributed by atoms with Gasteiger partial charge >= 0.3 is 0 Å². The van der Waals surface area contributed by atoms with Crippen LogP contribution in [-0.4, -0.2) is 33.5 Å². The first-order valence-electron chi connectivity index (χ1n) is 4.36. The van der Waals surface area contributed by atoms with Crippen LogP contribution < -0.4 is 0 Å². The Kier molecular flexibility index (Phi) is 3.42. The van der Waals surface area contributed by atoms with Gasteiger partial charge in [0.1, 0.15) is 5.82 Å². The Morgan fingerprint density at radius 2 is 2.14 bits per heavy atom. The summed E-state index contributed by atoms with van der Waals surface area (Å²) in [5.41, 5.74) is 0.544. The fourth-order valence-corrected chi connectivity index (χ4v) is 3.83. The van der Waals surface area contributed by atoms with Crippen molar-refractivity contribution in [3.63, 3.8) is 0 Å². The quantitative estimate of drug-likeness (QED) is 0.719. The van der Waals surface area contributed by atoms with E-state index in [9.17, 15) is 4.79 Å². The Morgan fingerprint density at radius 3 is 2.71 bits per heavy atom. The minimum Gasteiger partial charge on any atom is -0.298 e. The molecule has 14 heavy (non-hydrogen) atoms. The molecule has 1 saturated heterocycles. The van der Waals surface area contributed by atoms with Crippen molar-refractivity contribution in [2.24, 2.45) is 0 Å². The minimum absolute atomic E-state index is 0.398. The molecule has 1 aliphatic rings. The fraction of sp³-hybridized carbons (Fsp3) is 0.444. The van der Waals surface area contributed by atoms with E-state index in [2.05, 4.69) is 9.97 Å². The Balaban J connectivity index is 2.11. The van der Waals surface area contributed by atoms with E-state index in [4.69, 9.17) is 0 Å². The van der Waals surface area contributed by atoms with Crippen molar-refractivity contribution in [2.45, 2.75) is 5.25 Å². The van der Waals surface area contributed by atoms with Crippen molar-refractivity contribution in [1.29, 1.82) is 0 Å². The average molecular weight is 226 g/mol. The van der Waals surface area contributed by atoms with Crippen molar-refractivity contribution in [3.05, 3.63) is 23.8 Å². The smallest absolute Gasteiger partial charge is 0.153 e. The summed E-state index contributed by atoms with van der Waals surface area (Å²) in [6.45, 7) is 0. The molecule has 3 nitrogen and oxygen atoms in total. The molecule has 0 aromatic carbocycles. The van der Waals surface area contributed by atoms with Crippen molar-refractivity contribution >= 4 is 29.8 Å². The maximum Gasteiger partial charge on any atom is 0.153 e. The van der Waals surface area contributed by atoms with Gasteiger partial charge in [0.25, 0.3) is 0 Å². The molecule has 1 unspecified atom stereocenters. The summed E-state index contributed by atoms with van der Waals surface area (Å²) < 4.78 is 0. The maximum absolute atomic E-state index is 10.4. The van der Waals surface area contributed by atoms with Crippen LogP contribution in [0.1, 0.15) is 21.4 Å². The number of nitrogens with zero attached hydrogens (tertiary/aromatic N) is 2. The third-order valence-corrected chi connectivity index (χ3v) is 4.68. The predicted molar refractivity (Wildman–Crippen MR) is 59.9 cm³/mol. The van der Waals surface area contributed by atoms with E-state index in [1.807, 2.05) is 23.5 Å². The largest absolute Gasteiger partial charge is 0.298 e. The lowest BCUT2D eigenvalue weighted by atomic mass is 10.3. The van der Waals surface area contributed by atoms with Gasteiger partial charge in [-0.3, -0.25) is 4.79 Å². The second-order valence-electron chi connectivity index (χ2n) is 2.93. The van der Waals surface area contributed by atoms with Gasteiger partial charge in [-0.05, 0) is 0 Å². The molecule has 0 bridgehead atoms. The topological polar surface area (TPSA) is 42.9 Å². The molecule has 5 heteroatoms. The molecule has 2 heterocycles. The molecule has 1 fully saturated rings. The molecule has 0 N–H and O–H groups in total. The normalized spacial score (nSPS) is 21.9. The lowest BCUT2D eigenvalue weighted by Crippen LogP contribution is -2.10. The Bertz CT molecular complexity index is 309. The summed E-state index contributed by atoms with van der Waals surface area (Å²) in [5, 5.41) is 0.398. The number of aromatic nitrogens is 2. The molecule has 74 valence electrons. The van der Waals surface area contributed by atoms with Crippen LogP contribution in [0.15, 0.2) is 12.4 Å². The number of aldehydes is 1. The van der Waals surface area contributed by atoms with Gasteiger partial charge in [-0.2, -0.15) is 11.8 Å². The monoisotopic (exact) mass is 226 g/mol. The zero-order valence-corrected chi connectivity index (χ0v) is 9.18. The fourth-order valence-electron chi connectivity index (χ4n) is 1.21. The highest BCUT2D eigenvalue weighted by Gasteiger charge is 2.18. The third-order valence-electron chi connectivity index (χ3n) is 1.93. The highest BCUT2D eigenvalue weighted by molar-refractivity contribution is 8.06. The third kappa shape index (κ3) is 2.27. The van der Waals surface area contributed by atoms with Gasteiger partial charge < -0.3 is 0 Å². The van der Waals surface area contributed by atoms with E-state index >= 15 is 0 Å². The number of hydrogen-bond donors (Lipinski definition) is 0. The second-order valence-corrected chi connectivity index (χ2v) is 5.39. The van der Waals surface area contributed by atoms with Gasteiger partial charge in [-0.1, -0.05) is 0 Å². The van der Waals surface area contributed by atoms with E-state index in [-0.39, 0.29) is 0 Å². The van der Waals surface area contributed by atoms with Gasteiger partial charge in [0, 0.05) is 29.7 Å². The molecule has 1 aromatic rings. The molecule has 0 radical (unpaired) electrons. The highest BCUT2D eigenvalue weighted by Crippen LogP contribution is 2.34. The summed E-state index contributed by atoms with van der Waals surface area (Å²) in [6, 6.07) is 0. The molecule has 0 spiro atoms. The van der Waals surface area contributed by atoms with Gasteiger partial charge in [-0.15, -0.1) is 11.8 Å². The van der Waals surface area contributed by atoms with Crippen LogP contribution in [0.3, 0.4) is 0 Å². The zero-order valence-electron chi connectivity index (χ0n) is 7.55. The van der Waals surface area contributed by atoms with E-state index < -0.39 is 0 Å². The van der Waals surface area contributed by atoms with Crippen LogP contribution in [0.2, 0.25) is 0 Å². The number of hydrogen-bond acceptors (Lipinski definition) is 5. The lowest BCUT2D eigenvalue weighted by Gasteiger charge is -2.19. The predicted octanol–water partition coefficient (Wildman–Crippen LogP) is 1.81. The van der Waals surface area contributed by atoms with Crippen LogP contribution in [0.25, 0.3) is 0 Å². The second kappa shape index (κ2) is 4.79. The molecule has 1 atom stereocenters. The molecule has 0 saturated carbocycles. The van der Waals surface area contributed by atoms with Crippen LogP contribution >= 0.6 is 23.5 Å². The van der Waals surface area contributed by atoms with Crippen LogP contribution in [0, 0.1) is 0 Å². The molecular weight excluding hydrogens is 216 g/mol. The molecule has 0 amide bonds. The highest BCUT2D eigenvalue weighted by atomic mass is 32.2. The van der Waals surface area contributed by atoms with Gasteiger partial charge in [0.15, 0.2) is 6.29 Å². The minimum atomic E-state index is 0.398. The first-order chi connectivity index (χ1) is 6.90. The Morgan fingerprint density at radius 1 is 1.36 bits per heavy atom.